The molecule has 0 radical (unpaired) electrons. The van der Waals surface area contributed by atoms with E-state index < -0.39 is 5.82 Å². The van der Waals surface area contributed by atoms with Crippen LogP contribution in [0.25, 0.3) is 22.3 Å². The first-order valence-corrected chi connectivity index (χ1v) is 12.3. The third-order valence-electron chi connectivity index (χ3n) is 7.52. The monoisotopic (exact) mass is 499 g/mol. The molecule has 10 nitrogen and oxygen atoms in total. The lowest BCUT2D eigenvalue weighted by Crippen LogP contribution is -2.66. The molecule has 0 aromatic carbocycles. The number of halogens is 1. The maximum Gasteiger partial charge on any atom is 0.323 e. The summed E-state index contributed by atoms with van der Waals surface area (Å²) in [5.41, 5.74) is 2.36. The van der Waals surface area contributed by atoms with Crippen LogP contribution in [0.15, 0.2) is 55.4 Å². The van der Waals surface area contributed by atoms with Crippen LogP contribution in [-0.4, -0.2) is 72.6 Å². The molecule has 0 unspecified atom stereocenters. The number of urea groups is 1. The predicted molar refractivity (Wildman–Crippen MR) is 135 cm³/mol. The van der Waals surface area contributed by atoms with E-state index in [9.17, 15) is 14.4 Å². The molecule has 2 N–H and O–H groups in total. The Kier molecular flexibility index (Phi) is 5.81. The Labute approximate surface area is 212 Å². The number of fused-ring (bicyclic) bond motifs is 1. The number of aromatic amines is 1. The molecule has 0 spiro atoms. The van der Waals surface area contributed by atoms with E-state index in [4.69, 9.17) is 0 Å². The Hall–Kier alpha value is -4.30. The van der Waals surface area contributed by atoms with E-state index in [0.717, 1.165) is 48.2 Å². The van der Waals surface area contributed by atoms with E-state index in [1.807, 2.05) is 24.5 Å². The molecular weight excluding hydrogens is 473 g/mol. The SMILES string of the molecule is N#CCC1(n2ccc(-c3ncnc4[nH]ccc34)c2)CN(C2CCN(C(=O)Nc3ncccc3F)CC2)C1. The summed E-state index contributed by atoms with van der Waals surface area (Å²) in [6, 6.07) is 9.15. The lowest BCUT2D eigenvalue weighted by molar-refractivity contribution is -0.0332. The third-order valence-corrected chi connectivity index (χ3v) is 7.52. The van der Waals surface area contributed by atoms with Crippen molar-refractivity contribution >= 4 is 22.9 Å². The average Bonchev–Trinajstić information content (AvgIpc) is 3.58. The van der Waals surface area contributed by atoms with E-state index in [0.29, 0.717) is 25.6 Å². The highest BCUT2D eigenvalue weighted by Gasteiger charge is 2.47. The zero-order chi connectivity index (χ0) is 25.4. The number of anilines is 1. The smallest absolute Gasteiger partial charge is 0.323 e. The Morgan fingerprint density at radius 3 is 2.84 bits per heavy atom. The summed E-state index contributed by atoms with van der Waals surface area (Å²) in [4.78, 5) is 32.5. The highest BCUT2D eigenvalue weighted by atomic mass is 19.1. The first-order valence-electron chi connectivity index (χ1n) is 12.3. The van der Waals surface area contributed by atoms with Gasteiger partial charge in [-0.1, -0.05) is 0 Å². The molecule has 2 saturated heterocycles. The van der Waals surface area contributed by atoms with E-state index in [2.05, 4.69) is 47.0 Å². The number of aromatic nitrogens is 5. The van der Waals surface area contributed by atoms with Gasteiger partial charge in [-0.15, -0.1) is 0 Å². The summed E-state index contributed by atoms with van der Waals surface area (Å²) in [7, 11) is 0. The summed E-state index contributed by atoms with van der Waals surface area (Å²) in [5.74, 6) is -0.602. The van der Waals surface area contributed by atoms with E-state index in [1.54, 1.807) is 11.2 Å². The number of hydrogen-bond acceptors (Lipinski definition) is 6. The normalized spacial score (nSPS) is 17.9. The van der Waals surface area contributed by atoms with Crippen molar-refractivity contribution in [2.45, 2.75) is 30.8 Å². The fourth-order valence-electron chi connectivity index (χ4n) is 5.51. The number of nitriles is 1. The van der Waals surface area contributed by atoms with Crippen LogP contribution in [-0.2, 0) is 5.54 Å². The maximum atomic E-state index is 13.8. The molecular formula is C26H26FN9O. The lowest BCUT2D eigenvalue weighted by atomic mass is 9.83. The predicted octanol–water partition coefficient (Wildman–Crippen LogP) is 3.58. The minimum absolute atomic E-state index is 0.0519. The van der Waals surface area contributed by atoms with E-state index in [-0.39, 0.29) is 17.4 Å². The quantitative estimate of drug-likeness (QED) is 0.433. The molecule has 37 heavy (non-hydrogen) atoms. The lowest BCUT2D eigenvalue weighted by Gasteiger charge is -2.54. The fourth-order valence-corrected chi connectivity index (χ4v) is 5.51. The van der Waals surface area contributed by atoms with E-state index >= 15 is 0 Å². The number of pyridine rings is 1. The molecule has 2 amide bonds. The van der Waals surface area contributed by atoms with Gasteiger partial charge in [0.15, 0.2) is 11.6 Å². The largest absolute Gasteiger partial charge is 0.346 e. The Balaban J connectivity index is 1.10. The van der Waals surface area contributed by atoms with Gasteiger partial charge in [-0.25, -0.2) is 24.1 Å². The van der Waals surface area contributed by atoms with Crippen molar-refractivity contribution in [2.75, 3.05) is 31.5 Å². The Morgan fingerprint density at radius 1 is 1.22 bits per heavy atom. The Bertz CT molecular complexity index is 1470. The van der Waals surface area contributed by atoms with Gasteiger partial charge >= 0.3 is 6.03 Å². The van der Waals surface area contributed by atoms with Crippen LogP contribution in [0, 0.1) is 17.1 Å². The standard InChI is InChI=1S/C26H26FN9O/c27-21-2-1-9-29-24(21)33-25(37)34-11-5-19(6-12-34)35-15-26(16-35,7-8-28)36-13-4-18(14-36)22-20-3-10-30-23(20)32-17-31-22/h1-4,9-10,13-14,17,19H,5-7,11-12,15-16H2,(H,29,33,37)(H,30,31,32). The Morgan fingerprint density at radius 2 is 2.05 bits per heavy atom. The van der Waals surface area contributed by atoms with Crippen LogP contribution < -0.4 is 5.32 Å². The zero-order valence-corrected chi connectivity index (χ0v) is 20.1. The second-order valence-electron chi connectivity index (χ2n) is 9.72. The van der Waals surface area contributed by atoms with Crippen LogP contribution in [0.3, 0.4) is 0 Å². The van der Waals surface area contributed by atoms with Crippen molar-refractivity contribution in [2.24, 2.45) is 0 Å². The average molecular weight is 500 g/mol. The minimum Gasteiger partial charge on any atom is -0.346 e. The number of rotatable bonds is 5. The minimum atomic E-state index is -0.550. The molecule has 0 saturated carbocycles. The third kappa shape index (κ3) is 4.19. The van der Waals surface area contributed by atoms with E-state index in [1.165, 1.54) is 18.3 Å². The summed E-state index contributed by atoms with van der Waals surface area (Å²) in [6.45, 7) is 2.71. The van der Waals surface area contributed by atoms with Crippen molar-refractivity contribution in [3.05, 3.63) is 61.2 Å². The molecule has 4 aromatic rings. The molecule has 2 aliphatic heterocycles. The van der Waals surface area contributed by atoms with Gasteiger partial charge in [0, 0.05) is 68.0 Å². The number of H-pyrrole nitrogens is 1. The number of piperidine rings is 1. The number of carbonyl (C=O) groups is 1. The van der Waals surface area contributed by atoms with Gasteiger partial charge in [0.2, 0.25) is 0 Å². The number of likely N-dealkylation sites (tertiary alicyclic amines) is 2. The molecule has 0 bridgehead atoms. The van der Waals surface area contributed by atoms with Crippen molar-refractivity contribution in [3.8, 4) is 17.3 Å². The van der Waals surface area contributed by atoms with Gasteiger partial charge in [-0.05, 0) is 37.1 Å². The second kappa shape index (κ2) is 9.29. The summed E-state index contributed by atoms with van der Waals surface area (Å²) in [6.07, 6.45) is 11.0. The van der Waals surface area contributed by atoms with Crippen molar-refractivity contribution in [1.82, 2.24) is 34.3 Å². The topological polar surface area (TPSA) is 119 Å². The summed E-state index contributed by atoms with van der Waals surface area (Å²) < 4.78 is 16.0. The van der Waals surface area contributed by atoms with Crippen LogP contribution >= 0.6 is 0 Å². The molecule has 2 fully saturated rings. The van der Waals surface area contributed by atoms with Crippen LogP contribution in [0.4, 0.5) is 15.0 Å². The molecule has 0 aliphatic carbocycles. The van der Waals surface area contributed by atoms with Crippen LogP contribution in [0.2, 0.25) is 0 Å². The van der Waals surface area contributed by atoms with Gasteiger partial charge in [0.25, 0.3) is 0 Å². The fraction of sp³-hybridized carbons (Fsp3) is 0.346. The number of amides is 2. The molecule has 4 aromatic heterocycles. The highest BCUT2D eigenvalue weighted by molar-refractivity contribution is 5.90. The molecule has 2 aliphatic rings. The number of nitrogens with zero attached hydrogens (tertiary/aromatic N) is 7. The van der Waals surface area contributed by atoms with Gasteiger partial charge < -0.3 is 14.5 Å². The van der Waals surface area contributed by atoms with Crippen molar-refractivity contribution in [1.29, 1.82) is 5.26 Å². The highest BCUT2D eigenvalue weighted by Crippen LogP contribution is 2.38. The molecule has 188 valence electrons. The van der Waals surface area contributed by atoms with Crippen LogP contribution in [0.5, 0.6) is 0 Å². The molecule has 6 heterocycles. The number of nitrogens with one attached hydrogen (secondary N) is 2. The molecule has 11 heteroatoms. The van der Waals surface area contributed by atoms with Gasteiger partial charge in [0.05, 0.1) is 23.7 Å². The molecule has 0 atom stereocenters. The number of hydrogen-bond donors (Lipinski definition) is 2. The van der Waals surface area contributed by atoms with Gasteiger partial charge in [-0.3, -0.25) is 10.2 Å². The summed E-state index contributed by atoms with van der Waals surface area (Å²) >= 11 is 0. The first-order chi connectivity index (χ1) is 18.1. The van der Waals surface area contributed by atoms with Gasteiger partial charge in [-0.2, -0.15) is 5.26 Å². The van der Waals surface area contributed by atoms with Crippen LogP contribution in [0.1, 0.15) is 19.3 Å². The maximum absolute atomic E-state index is 13.8. The van der Waals surface area contributed by atoms with Crippen molar-refractivity contribution in [3.63, 3.8) is 0 Å². The van der Waals surface area contributed by atoms with Gasteiger partial charge in [0.1, 0.15) is 12.0 Å². The van der Waals surface area contributed by atoms with Crippen molar-refractivity contribution < 1.29 is 9.18 Å². The first kappa shape index (κ1) is 23.1. The molecule has 6 rings (SSSR count). The summed E-state index contributed by atoms with van der Waals surface area (Å²) in [5, 5.41) is 13.1. The number of carbonyl (C=O) groups excluding carboxylic acids is 1. The zero-order valence-electron chi connectivity index (χ0n) is 20.1. The second-order valence-corrected chi connectivity index (χ2v) is 9.72.